The summed E-state index contributed by atoms with van der Waals surface area (Å²) in [6.07, 6.45) is -1.92. The number of aliphatic hydroxyl groups excluding tert-OH is 1. The van der Waals surface area contributed by atoms with Crippen molar-refractivity contribution < 1.29 is 24.5 Å². The summed E-state index contributed by atoms with van der Waals surface area (Å²) < 4.78 is 11.3. The van der Waals surface area contributed by atoms with Crippen LogP contribution >= 0.6 is 11.3 Å². The van der Waals surface area contributed by atoms with E-state index >= 15 is 0 Å². The number of carboxylic acids is 1. The lowest BCUT2D eigenvalue weighted by Gasteiger charge is -2.39. The average Bonchev–Trinajstić information content (AvgIpc) is 3.08. The molecule has 1 unspecified atom stereocenters. The number of nitrogens with zero attached hydrogens (tertiary/aromatic N) is 1. The molecule has 1 aromatic carbocycles. The van der Waals surface area contributed by atoms with Crippen molar-refractivity contribution in [1.29, 1.82) is 0 Å². The Morgan fingerprint density at radius 1 is 1.22 bits per heavy atom. The minimum Gasteiger partial charge on any atom is -0.477 e. The zero-order chi connectivity index (χ0) is 19.6. The maximum Gasteiger partial charge on any atom is 0.348 e. The van der Waals surface area contributed by atoms with E-state index in [4.69, 9.17) is 9.47 Å². The molecule has 6 nitrogen and oxygen atoms in total. The summed E-state index contributed by atoms with van der Waals surface area (Å²) in [5, 5.41) is 20.6. The van der Waals surface area contributed by atoms with Gasteiger partial charge in [0, 0.05) is 16.8 Å². The van der Waals surface area contributed by atoms with E-state index in [-0.39, 0.29) is 16.8 Å². The highest BCUT2D eigenvalue weighted by molar-refractivity contribution is 7.18. The molecule has 0 bridgehead atoms. The Bertz CT molecular complexity index is 768. The number of carboxylic acid groups (broad SMARTS) is 1. The third-order valence-electron chi connectivity index (χ3n) is 4.42. The standard InChI is InChI=1S/C20H25NO5S/c1-12(2)21(18(22)20-25-10-13(3)11-26-20)15-9-16(27-17(15)19(23)24)14-7-5-4-6-8-14/h4-9,12-13,18,20,22H,10-11H2,1-3H3,(H,23,24). The Morgan fingerprint density at radius 3 is 2.41 bits per heavy atom. The third kappa shape index (κ3) is 4.32. The smallest absolute Gasteiger partial charge is 0.348 e. The highest BCUT2D eigenvalue weighted by Crippen LogP contribution is 2.39. The molecule has 1 fully saturated rings. The molecule has 7 heteroatoms. The Balaban J connectivity index is 1.97. The van der Waals surface area contributed by atoms with Crippen LogP contribution in [-0.4, -0.2) is 48.0 Å². The zero-order valence-corrected chi connectivity index (χ0v) is 16.5. The first kappa shape index (κ1) is 19.8. The second-order valence-electron chi connectivity index (χ2n) is 7.05. The first-order chi connectivity index (χ1) is 12.9. The molecule has 27 heavy (non-hydrogen) atoms. The molecular weight excluding hydrogens is 366 g/mol. The normalized spacial score (nSPS) is 21.2. The number of benzene rings is 1. The van der Waals surface area contributed by atoms with Gasteiger partial charge in [-0.1, -0.05) is 37.3 Å². The van der Waals surface area contributed by atoms with Gasteiger partial charge in [-0.05, 0) is 25.5 Å². The van der Waals surface area contributed by atoms with Gasteiger partial charge >= 0.3 is 5.97 Å². The molecule has 2 aromatic rings. The van der Waals surface area contributed by atoms with Gasteiger partial charge in [0.15, 0.2) is 6.23 Å². The minimum absolute atomic E-state index is 0.150. The summed E-state index contributed by atoms with van der Waals surface area (Å²) in [6, 6.07) is 11.3. The highest BCUT2D eigenvalue weighted by Gasteiger charge is 2.35. The number of hydrogen-bond donors (Lipinski definition) is 2. The lowest BCUT2D eigenvalue weighted by Crippen LogP contribution is -2.52. The first-order valence-corrected chi connectivity index (χ1v) is 9.82. The van der Waals surface area contributed by atoms with Crippen molar-refractivity contribution in [3.05, 3.63) is 41.3 Å². The largest absolute Gasteiger partial charge is 0.477 e. The van der Waals surface area contributed by atoms with E-state index in [0.29, 0.717) is 18.9 Å². The van der Waals surface area contributed by atoms with Crippen LogP contribution in [0.3, 0.4) is 0 Å². The zero-order valence-electron chi connectivity index (χ0n) is 15.7. The van der Waals surface area contributed by atoms with Gasteiger partial charge in [0.2, 0.25) is 6.29 Å². The van der Waals surface area contributed by atoms with Crippen LogP contribution in [0.15, 0.2) is 36.4 Å². The minimum atomic E-state index is -1.10. The highest BCUT2D eigenvalue weighted by atomic mass is 32.1. The van der Waals surface area contributed by atoms with Gasteiger partial charge in [-0.25, -0.2) is 4.79 Å². The van der Waals surface area contributed by atoms with Crippen molar-refractivity contribution >= 4 is 23.0 Å². The third-order valence-corrected chi connectivity index (χ3v) is 5.58. The molecule has 2 heterocycles. The Kier molecular flexibility index (Phi) is 6.16. The molecule has 0 aliphatic carbocycles. The molecule has 2 N–H and O–H groups in total. The number of aromatic carboxylic acids is 1. The van der Waals surface area contributed by atoms with E-state index in [0.717, 1.165) is 10.4 Å². The number of rotatable bonds is 6. The number of aliphatic hydroxyl groups is 1. The summed E-state index contributed by atoms with van der Waals surface area (Å²) in [6.45, 7) is 6.81. The summed E-state index contributed by atoms with van der Waals surface area (Å²) in [7, 11) is 0. The second kappa shape index (κ2) is 8.39. The maximum atomic E-state index is 11.9. The van der Waals surface area contributed by atoms with E-state index in [1.807, 2.05) is 57.2 Å². The van der Waals surface area contributed by atoms with Crippen molar-refractivity contribution in [1.82, 2.24) is 0 Å². The SMILES string of the molecule is CC1COC(C(O)N(c2cc(-c3ccccc3)sc2C(=O)O)C(C)C)OC1. The molecule has 1 aliphatic heterocycles. The van der Waals surface area contributed by atoms with E-state index < -0.39 is 18.5 Å². The van der Waals surface area contributed by atoms with Gasteiger partial charge in [0.05, 0.1) is 18.9 Å². The topological polar surface area (TPSA) is 79.2 Å². The fraction of sp³-hybridized carbons (Fsp3) is 0.450. The van der Waals surface area contributed by atoms with Crippen LogP contribution in [-0.2, 0) is 9.47 Å². The van der Waals surface area contributed by atoms with Gasteiger partial charge < -0.3 is 24.6 Å². The van der Waals surface area contributed by atoms with E-state index in [9.17, 15) is 15.0 Å². The summed E-state index contributed by atoms with van der Waals surface area (Å²) in [5.74, 6) is -0.754. The van der Waals surface area contributed by atoms with Crippen LogP contribution < -0.4 is 4.90 Å². The molecule has 146 valence electrons. The Hall–Kier alpha value is -1.93. The monoisotopic (exact) mass is 391 g/mol. The number of anilines is 1. The van der Waals surface area contributed by atoms with Crippen LogP contribution in [0.2, 0.25) is 0 Å². The van der Waals surface area contributed by atoms with Gasteiger partial charge in [0.1, 0.15) is 4.88 Å². The molecule has 1 saturated heterocycles. The molecule has 1 aliphatic rings. The number of carbonyl (C=O) groups is 1. The number of hydrogen-bond acceptors (Lipinski definition) is 6. The van der Waals surface area contributed by atoms with Gasteiger partial charge in [0.25, 0.3) is 0 Å². The number of ether oxygens (including phenoxy) is 2. The molecule has 0 amide bonds. The van der Waals surface area contributed by atoms with Gasteiger partial charge in [-0.2, -0.15) is 0 Å². The van der Waals surface area contributed by atoms with Crippen molar-refractivity contribution in [3.8, 4) is 10.4 Å². The van der Waals surface area contributed by atoms with Crippen molar-refractivity contribution in [3.63, 3.8) is 0 Å². The maximum absolute atomic E-state index is 11.9. The van der Waals surface area contributed by atoms with Crippen LogP contribution in [0.5, 0.6) is 0 Å². The van der Waals surface area contributed by atoms with E-state index in [1.54, 1.807) is 4.90 Å². The quantitative estimate of drug-likeness (QED) is 0.732. The average molecular weight is 391 g/mol. The predicted octanol–water partition coefficient (Wildman–Crippen LogP) is 3.66. The molecule has 1 atom stereocenters. The van der Waals surface area contributed by atoms with Crippen molar-refractivity contribution in [2.45, 2.75) is 39.3 Å². The van der Waals surface area contributed by atoms with Crippen molar-refractivity contribution in [2.75, 3.05) is 18.1 Å². The fourth-order valence-electron chi connectivity index (χ4n) is 3.11. The van der Waals surface area contributed by atoms with Crippen LogP contribution in [0, 0.1) is 5.92 Å². The second-order valence-corrected chi connectivity index (χ2v) is 8.10. The molecule has 3 rings (SSSR count). The molecule has 1 aromatic heterocycles. The Morgan fingerprint density at radius 2 is 1.85 bits per heavy atom. The summed E-state index contributed by atoms with van der Waals surface area (Å²) in [4.78, 5) is 14.6. The summed E-state index contributed by atoms with van der Waals surface area (Å²) in [5.41, 5.74) is 1.41. The van der Waals surface area contributed by atoms with E-state index in [1.165, 1.54) is 11.3 Å². The number of thiophene rings is 1. The van der Waals surface area contributed by atoms with Gasteiger partial charge in [-0.15, -0.1) is 11.3 Å². The molecule has 0 radical (unpaired) electrons. The lowest BCUT2D eigenvalue weighted by molar-refractivity contribution is -0.237. The molecular formula is C20H25NO5S. The van der Waals surface area contributed by atoms with Crippen LogP contribution in [0.1, 0.15) is 30.4 Å². The molecule has 0 spiro atoms. The van der Waals surface area contributed by atoms with Gasteiger partial charge in [-0.3, -0.25) is 0 Å². The Labute approximate surface area is 163 Å². The van der Waals surface area contributed by atoms with E-state index in [2.05, 4.69) is 0 Å². The molecule has 0 saturated carbocycles. The fourth-order valence-corrected chi connectivity index (χ4v) is 4.12. The first-order valence-electron chi connectivity index (χ1n) is 9.00. The van der Waals surface area contributed by atoms with Crippen LogP contribution in [0.4, 0.5) is 5.69 Å². The van der Waals surface area contributed by atoms with Crippen molar-refractivity contribution in [2.24, 2.45) is 5.92 Å². The predicted molar refractivity (Wildman–Crippen MR) is 105 cm³/mol. The lowest BCUT2D eigenvalue weighted by atomic mass is 10.1. The summed E-state index contributed by atoms with van der Waals surface area (Å²) >= 11 is 1.20. The van der Waals surface area contributed by atoms with Crippen LogP contribution in [0.25, 0.3) is 10.4 Å².